The fourth-order valence-corrected chi connectivity index (χ4v) is 5.52. The molecule has 0 bridgehead atoms. The quantitative estimate of drug-likeness (QED) is 0.208. The lowest BCUT2D eigenvalue weighted by Gasteiger charge is -2.42. The van der Waals surface area contributed by atoms with Gasteiger partial charge in [-0.1, -0.05) is 46.3 Å². The second-order valence-electron chi connectivity index (χ2n) is 11.0. The Kier molecular flexibility index (Phi) is 8.86. The molecule has 0 aromatic heterocycles. The van der Waals surface area contributed by atoms with Crippen molar-refractivity contribution in [3.05, 3.63) is 35.4 Å². The summed E-state index contributed by atoms with van der Waals surface area (Å²) in [6, 6.07) is 6.16. The Morgan fingerprint density at radius 2 is 1.81 bits per heavy atom. The van der Waals surface area contributed by atoms with E-state index in [0.29, 0.717) is 5.92 Å². The van der Waals surface area contributed by atoms with Crippen molar-refractivity contribution in [2.24, 2.45) is 11.3 Å². The number of hydrogen-bond acceptors (Lipinski definition) is 3. The van der Waals surface area contributed by atoms with E-state index in [1.807, 2.05) is 12.1 Å². The van der Waals surface area contributed by atoms with Crippen molar-refractivity contribution in [2.75, 3.05) is 20.8 Å². The van der Waals surface area contributed by atoms with Gasteiger partial charge in [0.1, 0.15) is 11.5 Å². The van der Waals surface area contributed by atoms with E-state index in [1.165, 1.54) is 24.8 Å². The zero-order valence-electron chi connectivity index (χ0n) is 21.6. The van der Waals surface area contributed by atoms with Gasteiger partial charge in [0, 0.05) is 6.61 Å². The topological polar surface area (TPSA) is 27.7 Å². The lowest BCUT2D eigenvalue weighted by molar-refractivity contribution is 0.213. The molecule has 2 unspecified atom stereocenters. The molecule has 2 rings (SSSR count). The van der Waals surface area contributed by atoms with Gasteiger partial charge in [-0.3, -0.25) is 0 Å². The number of rotatable bonds is 10. The van der Waals surface area contributed by atoms with E-state index in [0.717, 1.165) is 37.4 Å². The molecule has 0 heterocycles. The summed E-state index contributed by atoms with van der Waals surface area (Å²) in [6.45, 7) is 17.4. The van der Waals surface area contributed by atoms with Gasteiger partial charge in [-0.15, -0.1) is 0 Å². The summed E-state index contributed by atoms with van der Waals surface area (Å²) in [6.07, 6.45) is 9.44. The number of hydrogen-bond donors (Lipinski definition) is 0. The van der Waals surface area contributed by atoms with Gasteiger partial charge in [0.25, 0.3) is 0 Å². The fourth-order valence-electron chi connectivity index (χ4n) is 4.43. The summed E-state index contributed by atoms with van der Waals surface area (Å²) in [5.74, 6) is 2.50. The molecule has 4 heteroatoms. The molecule has 1 aromatic carbocycles. The number of unbranched alkanes of at least 4 members (excludes halogenated alkanes) is 1. The molecule has 1 aliphatic carbocycles. The third-order valence-corrected chi connectivity index (χ3v) is 12.5. The van der Waals surface area contributed by atoms with Crippen LogP contribution in [0.2, 0.25) is 18.1 Å². The molecule has 1 aliphatic rings. The van der Waals surface area contributed by atoms with Gasteiger partial charge in [-0.25, -0.2) is 0 Å². The molecule has 2 atom stereocenters. The third-order valence-electron chi connectivity index (χ3n) is 7.97. The molecular formula is C27H46O3Si. The molecule has 0 saturated heterocycles. The number of methoxy groups -OCH3 is 2. The van der Waals surface area contributed by atoms with Crippen molar-refractivity contribution < 1.29 is 13.9 Å². The highest BCUT2D eigenvalue weighted by Gasteiger charge is 2.38. The Labute approximate surface area is 192 Å². The molecule has 0 amide bonds. The third kappa shape index (κ3) is 6.38. The van der Waals surface area contributed by atoms with Crippen LogP contribution in [0.15, 0.2) is 29.8 Å². The van der Waals surface area contributed by atoms with Crippen LogP contribution in [0.4, 0.5) is 0 Å². The van der Waals surface area contributed by atoms with Gasteiger partial charge >= 0.3 is 0 Å². The Bertz CT molecular complexity index is 747. The van der Waals surface area contributed by atoms with Crippen LogP contribution in [0, 0.1) is 11.3 Å². The Hall–Kier alpha value is -1.26. The van der Waals surface area contributed by atoms with Crippen LogP contribution < -0.4 is 9.47 Å². The Balaban J connectivity index is 2.05. The Morgan fingerprint density at radius 1 is 1.10 bits per heavy atom. The zero-order chi connectivity index (χ0) is 23.3. The van der Waals surface area contributed by atoms with Crippen LogP contribution in [0.5, 0.6) is 11.5 Å². The van der Waals surface area contributed by atoms with Crippen LogP contribution in [-0.4, -0.2) is 29.1 Å². The first kappa shape index (κ1) is 26.0. The van der Waals surface area contributed by atoms with Crippen LogP contribution in [0.1, 0.15) is 72.3 Å². The summed E-state index contributed by atoms with van der Waals surface area (Å²) >= 11 is 0. The van der Waals surface area contributed by atoms with Crippen molar-refractivity contribution in [1.29, 1.82) is 0 Å². The zero-order valence-corrected chi connectivity index (χ0v) is 22.6. The second-order valence-corrected chi connectivity index (χ2v) is 15.9. The van der Waals surface area contributed by atoms with Gasteiger partial charge in [0.05, 0.1) is 14.2 Å². The van der Waals surface area contributed by atoms with Crippen LogP contribution in [0.25, 0.3) is 0 Å². The van der Waals surface area contributed by atoms with Crippen LogP contribution in [-0.2, 0) is 10.8 Å². The average Bonchev–Trinajstić information content (AvgIpc) is 2.70. The standard InChI is InChI=1S/C27H46O3Si/c1-21-13-12-15-23(14-10-11-18-30-31(8,9)26(2,3)4)27(21,5)20-22-19-24(28-6)16-17-25(22)29-7/h15-17,19,21H,10-14,18,20H2,1-9H3. The fraction of sp³-hybridized carbons (Fsp3) is 0.704. The van der Waals surface area contributed by atoms with E-state index in [-0.39, 0.29) is 10.5 Å². The Morgan fingerprint density at radius 3 is 2.42 bits per heavy atom. The highest BCUT2D eigenvalue weighted by atomic mass is 28.4. The second kappa shape index (κ2) is 10.6. The molecule has 0 fully saturated rings. The number of allylic oxidation sites excluding steroid dienone is 2. The molecule has 0 N–H and O–H groups in total. The first-order valence-corrected chi connectivity index (χ1v) is 14.9. The summed E-state index contributed by atoms with van der Waals surface area (Å²) in [4.78, 5) is 0. The maximum atomic E-state index is 6.40. The van der Waals surface area contributed by atoms with Gasteiger partial charge in [-0.05, 0) is 91.8 Å². The lowest BCUT2D eigenvalue weighted by Crippen LogP contribution is -2.41. The predicted molar refractivity (Wildman–Crippen MR) is 135 cm³/mol. The normalized spacial score (nSPS) is 22.2. The van der Waals surface area contributed by atoms with Crippen molar-refractivity contribution in [2.45, 2.75) is 91.3 Å². The lowest BCUT2D eigenvalue weighted by atomic mass is 9.63. The minimum atomic E-state index is -1.64. The highest BCUT2D eigenvalue weighted by Crippen LogP contribution is 2.47. The van der Waals surface area contributed by atoms with Gasteiger partial charge in [0.15, 0.2) is 8.32 Å². The summed E-state index contributed by atoms with van der Waals surface area (Å²) in [5, 5.41) is 0.280. The molecular weight excluding hydrogens is 400 g/mol. The summed E-state index contributed by atoms with van der Waals surface area (Å²) in [5.41, 5.74) is 3.01. The molecule has 0 radical (unpaired) electrons. The van der Waals surface area contributed by atoms with Crippen molar-refractivity contribution in [3.8, 4) is 11.5 Å². The number of ether oxygens (including phenoxy) is 2. The minimum Gasteiger partial charge on any atom is -0.497 e. The molecule has 176 valence electrons. The minimum absolute atomic E-state index is 0.151. The molecule has 0 spiro atoms. The SMILES string of the molecule is COc1ccc(OC)c(CC2(C)C(CCCCO[Si](C)(C)C(C)(C)C)=CCCC2C)c1. The van der Waals surface area contributed by atoms with Gasteiger partial charge < -0.3 is 13.9 Å². The monoisotopic (exact) mass is 446 g/mol. The van der Waals surface area contributed by atoms with E-state index in [4.69, 9.17) is 13.9 Å². The van der Waals surface area contributed by atoms with E-state index < -0.39 is 8.32 Å². The predicted octanol–water partition coefficient (Wildman–Crippen LogP) is 7.80. The largest absolute Gasteiger partial charge is 0.497 e. The smallest absolute Gasteiger partial charge is 0.191 e. The van der Waals surface area contributed by atoms with Crippen molar-refractivity contribution >= 4 is 8.32 Å². The highest BCUT2D eigenvalue weighted by molar-refractivity contribution is 6.74. The molecule has 3 nitrogen and oxygen atoms in total. The molecule has 0 saturated carbocycles. The first-order chi connectivity index (χ1) is 14.4. The van der Waals surface area contributed by atoms with E-state index in [1.54, 1.807) is 19.8 Å². The van der Waals surface area contributed by atoms with Gasteiger partial charge in [0.2, 0.25) is 0 Å². The maximum Gasteiger partial charge on any atom is 0.191 e. The van der Waals surface area contributed by atoms with E-state index >= 15 is 0 Å². The molecule has 0 aliphatic heterocycles. The summed E-state index contributed by atoms with van der Waals surface area (Å²) in [7, 11) is 1.85. The molecule has 1 aromatic rings. The van der Waals surface area contributed by atoms with Crippen LogP contribution in [0.3, 0.4) is 0 Å². The van der Waals surface area contributed by atoms with Crippen LogP contribution >= 0.6 is 0 Å². The maximum absolute atomic E-state index is 6.40. The van der Waals surface area contributed by atoms with Gasteiger partial charge in [-0.2, -0.15) is 0 Å². The molecule has 31 heavy (non-hydrogen) atoms. The van der Waals surface area contributed by atoms with E-state index in [2.05, 4.69) is 59.9 Å². The summed E-state index contributed by atoms with van der Waals surface area (Å²) < 4.78 is 17.6. The van der Waals surface area contributed by atoms with Crippen molar-refractivity contribution in [3.63, 3.8) is 0 Å². The number of benzene rings is 1. The average molecular weight is 447 g/mol. The first-order valence-electron chi connectivity index (χ1n) is 12.0. The van der Waals surface area contributed by atoms with E-state index in [9.17, 15) is 0 Å². The van der Waals surface area contributed by atoms with Crippen molar-refractivity contribution in [1.82, 2.24) is 0 Å².